The number of aliphatic hydroxyl groups is 1. The SMILES string of the molecule is Cc1cc([C@@H](C)C(=O)O)cc(CO)c1OCc1ccccc1. The first-order valence-electron chi connectivity index (χ1n) is 7.16. The summed E-state index contributed by atoms with van der Waals surface area (Å²) >= 11 is 0. The summed E-state index contributed by atoms with van der Waals surface area (Å²) < 4.78 is 5.83. The van der Waals surface area contributed by atoms with Crippen molar-refractivity contribution in [3.63, 3.8) is 0 Å². The number of hydrogen-bond donors (Lipinski definition) is 2. The zero-order valence-electron chi connectivity index (χ0n) is 12.7. The molecule has 116 valence electrons. The molecular weight excluding hydrogens is 280 g/mol. The predicted octanol–water partition coefficient (Wildman–Crippen LogP) is 3.25. The molecule has 0 amide bonds. The Labute approximate surface area is 130 Å². The van der Waals surface area contributed by atoms with Crippen molar-refractivity contribution in [3.8, 4) is 5.75 Å². The average Bonchev–Trinajstić information content (AvgIpc) is 2.53. The lowest BCUT2D eigenvalue weighted by Gasteiger charge is -2.16. The van der Waals surface area contributed by atoms with Gasteiger partial charge < -0.3 is 14.9 Å². The second-order valence-corrected chi connectivity index (χ2v) is 5.32. The van der Waals surface area contributed by atoms with E-state index in [1.54, 1.807) is 19.1 Å². The van der Waals surface area contributed by atoms with E-state index in [0.717, 1.165) is 11.1 Å². The number of aliphatic carboxylic acids is 1. The van der Waals surface area contributed by atoms with Crippen LogP contribution in [0.4, 0.5) is 0 Å². The molecule has 0 aliphatic rings. The number of ether oxygens (including phenoxy) is 1. The van der Waals surface area contributed by atoms with Crippen LogP contribution in [-0.2, 0) is 18.0 Å². The summed E-state index contributed by atoms with van der Waals surface area (Å²) in [4.78, 5) is 11.1. The smallest absolute Gasteiger partial charge is 0.310 e. The molecule has 0 bridgehead atoms. The Balaban J connectivity index is 2.26. The van der Waals surface area contributed by atoms with Gasteiger partial charge in [0.05, 0.1) is 12.5 Å². The molecule has 1 atom stereocenters. The number of carbonyl (C=O) groups is 1. The van der Waals surface area contributed by atoms with Gasteiger partial charge in [-0.1, -0.05) is 36.4 Å². The number of aryl methyl sites for hydroxylation is 1. The topological polar surface area (TPSA) is 66.8 Å². The fourth-order valence-electron chi connectivity index (χ4n) is 2.32. The van der Waals surface area contributed by atoms with Crippen molar-refractivity contribution in [3.05, 3.63) is 64.7 Å². The van der Waals surface area contributed by atoms with E-state index in [1.807, 2.05) is 37.3 Å². The third-order valence-corrected chi connectivity index (χ3v) is 3.64. The molecular formula is C18H20O4. The van der Waals surface area contributed by atoms with E-state index < -0.39 is 11.9 Å². The highest BCUT2D eigenvalue weighted by Crippen LogP contribution is 2.29. The maximum atomic E-state index is 11.1. The lowest BCUT2D eigenvalue weighted by Crippen LogP contribution is -2.09. The van der Waals surface area contributed by atoms with Gasteiger partial charge in [-0.2, -0.15) is 0 Å². The van der Waals surface area contributed by atoms with Gasteiger partial charge in [0.25, 0.3) is 0 Å². The Morgan fingerprint density at radius 2 is 1.91 bits per heavy atom. The third-order valence-electron chi connectivity index (χ3n) is 3.64. The van der Waals surface area contributed by atoms with Crippen molar-refractivity contribution in [1.29, 1.82) is 0 Å². The van der Waals surface area contributed by atoms with Crippen LogP contribution in [0.15, 0.2) is 42.5 Å². The Morgan fingerprint density at radius 1 is 1.23 bits per heavy atom. The molecule has 0 unspecified atom stereocenters. The van der Waals surface area contributed by atoms with Crippen LogP contribution in [0.2, 0.25) is 0 Å². The molecule has 0 aromatic heterocycles. The van der Waals surface area contributed by atoms with Crippen molar-refractivity contribution < 1.29 is 19.7 Å². The lowest BCUT2D eigenvalue weighted by molar-refractivity contribution is -0.138. The minimum absolute atomic E-state index is 0.189. The number of aliphatic hydroxyl groups excluding tert-OH is 1. The summed E-state index contributed by atoms with van der Waals surface area (Å²) in [7, 11) is 0. The first-order chi connectivity index (χ1) is 10.5. The summed E-state index contributed by atoms with van der Waals surface area (Å²) in [5.74, 6) is -0.888. The molecule has 0 radical (unpaired) electrons. The van der Waals surface area contributed by atoms with Crippen LogP contribution >= 0.6 is 0 Å². The van der Waals surface area contributed by atoms with Gasteiger partial charge in [-0.15, -0.1) is 0 Å². The molecule has 4 heteroatoms. The number of rotatable bonds is 6. The van der Waals surface area contributed by atoms with Crippen LogP contribution in [0.5, 0.6) is 5.75 Å². The molecule has 22 heavy (non-hydrogen) atoms. The van der Waals surface area contributed by atoms with E-state index in [-0.39, 0.29) is 6.61 Å². The predicted molar refractivity (Wildman–Crippen MR) is 83.9 cm³/mol. The maximum Gasteiger partial charge on any atom is 0.310 e. The minimum atomic E-state index is -0.888. The second kappa shape index (κ2) is 7.09. The van der Waals surface area contributed by atoms with E-state index in [0.29, 0.717) is 23.5 Å². The maximum absolute atomic E-state index is 11.1. The van der Waals surface area contributed by atoms with Gasteiger partial charge >= 0.3 is 5.97 Å². The van der Waals surface area contributed by atoms with Crippen molar-refractivity contribution in [1.82, 2.24) is 0 Å². The molecule has 4 nitrogen and oxygen atoms in total. The van der Waals surface area contributed by atoms with Gasteiger partial charge in [-0.3, -0.25) is 4.79 Å². The summed E-state index contributed by atoms with van der Waals surface area (Å²) in [6, 6.07) is 13.3. The highest BCUT2D eigenvalue weighted by Gasteiger charge is 2.17. The molecule has 0 aliphatic carbocycles. The van der Waals surface area contributed by atoms with Crippen molar-refractivity contribution in [2.45, 2.75) is 33.0 Å². The standard InChI is InChI=1S/C18H20O4/c1-12-8-15(13(2)18(20)21)9-16(10-19)17(12)22-11-14-6-4-3-5-7-14/h3-9,13,19H,10-11H2,1-2H3,(H,20,21)/t13-/m1/s1. The minimum Gasteiger partial charge on any atom is -0.488 e. The molecule has 0 fully saturated rings. The number of carboxylic acids is 1. The Morgan fingerprint density at radius 3 is 2.50 bits per heavy atom. The van der Waals surface area contributed by atoms with Gasteiger partial charge in [-0.25, -0.2) is 0 Å². The molecule has 0 saturated heterocycles. The molecule has 0 saturated carbocycles. The van der Waals surface area contributed by atoms with Crippen molar-refractivity contribution in [2.24, 2.45) is 0 Å². The fraction of sp³-hybridized carbons (Fsp3) is 0.278. The second-order valence-electron chi connectivity index (χ2n) is 5.32. The largest absolute Gasteiger partial charge is 0.488 e. The van der Waals surface area contributed by atoms with Crippen LogP contribution in [0, 0.1) is 6.92 Å². The molecule has 2 aromatic carbocycles. The van der Waals surface area contributed by atoms with Gasteiger partial charge in [0.15, 0.2) is 0 Å². The van der Waals surface area contributed by atoms with E-state index in [2.05, 4.69) is 0 Å². The quantitative estimate of drug-likeness (QED) is 0.859. The van der Waals surface area contributed by atoms with E-state index in [9.17, 15) is 9.90 Å². The fourth-order valence-corrected chi connectivity index (χ4v) is 2.32. The van der Waals surface area contributed by atoms with E-state index in [4.69, 9.17) is 9.84 Å². The number of carboxylic acid groups (broad SMARTS) is 1. The number of hydrogen-bond acceptors (Lipinski definition) is 3. The highest BCUT2D eigenvalue weighted by atomic mass is 16.5. The van der Waals surface area contributed by atoms with Crippen LogP contribution in [0.25, 0.3) is 0 Å². The van der Waals surface area contributed by atoms with Crippen LogP contribution in [0.1, 0.15) is 35.1 Å². The summed E-state index contributed by atoms with van der Waals surface area (Å²) in [5, 5.41) is 18.7. The zero-order valence-corrected chi connectivity index (χ0v) is 12.7. The molecule has 2 aromatic rings. The summed E-state index contributed by atoms with van der Waals surface area (Å²) in [6.07, 6.45) is 0. The Hall–Kier alpha value is -2.33. The molecule has 2 N–H and O–H groups in total. The molecule has 0 aliphatic heterocycles. The third kappa shape index (κ3) is 3.65. The van der Waals surface area contributed by atoms with Crippen LogP contribution < -0.4 is 4.74 Å². The average molecular weight is 300 g/mol. The van der Waals surface area contributed by atoms with E-state index in [1.165, 1.54) is 0 Å². The summed E-state index contributed by atoms with van der Waals surface area (Å²) in [6.45, 7) is 3.70. The molecule has 2 rings (SSSR count). The summed E-state index contributed by atoms with van der Waals surface area (Å²) in [5.41, 5.74) is 3.14. The first kappa shape index (κ1) is 16.0. The van der Waals surface area contributed by atoms with Gasteiger partial charge in [0.2, 0.25) is 0 Å². The van der Waals surface area contributed by atoms with E-state index >= 15 is 0 Å². The van der Waals surface area contributed by atoms with Gasteiger partial charge in [0.1, 0.15) is 12.4 Å². The Kier molecular flexibility index (Phi) is 5.17. The monoisotopic (exact) mass is 300 g/mol. The van der Waals surface area contributed by atoms with Gasteiger partial charge in [0, 0.05) is 5.56 Å². The van der Waals surface area contributed by atoms with Crippen molar-refractivity contribution in [2.75, 3.05) is 0 Å². The normalized spacial score (nSPS) is 12.0. The van der Waals surface area contributed by atoms with Crippen molar-refractivity contribution >= 4 is 5.97 Å². The van der Waals surface area contributed by atoms with Gasteiger partial charge in [-0.05, 0) is 36.6 Å². The lowest BCUT2D eigenvalue weighted by atomic mass is 9.96. The van der Waals surface area contributed by atoms with Crippen LogP contribution in [-0.4, -0.2) is 16.2 Å². The first-order valence-corrected chi connectivity index (χ1v) is 7.16. The molecule has 0 spiro atoms. The highest BCUT2D eigenvalue weighted by molar-refractivity contribution is 5.76. The zero-order chi connectivity index (χ0) is 16.1. The Bertz CT molecular complexity index is 650. The molecule has 0 heterocycles. The number of benzene rings is 2. The van der Waals surface area contributed by atoms with Crippen LogP contribution in [0.3, 0.4) is 0 Å².